The summed E-state index contributed by atoms with van der Waals surface area (Å²) in [6, 6.07) is 6.83. The van der Waals surface area contributed by atoms with Crippen LogP contribution >= 0.6 is 0 Å². The predicted octanol–water partition coefficient (Wildman–Crippen LogP) is 6.82. The van der Waals surface area contributed by atoms with Crippen molar-refractivity contribution in [2.45, 2.75) is 74.1 Å². The Hall–Kier alpha value is -1.61. The highest BCUT2D eigenvalue weighted by Crippen LogP contribution is 2.30. The molecule has 0 aliphatic carbocycles. The van der Waals surface area contributed by atoms with Gasteiger partial charge in [-0.05, 0) is 63.9 Å². The molecule has 2 N–H and O–H groups in total. The van der Waals surface area contributed by atoms with Crippen molar-refractivity contribution in [3.63, 3.8) is 0 Å². The maximum absolute atomic E-state index is 6.33. The molecule has 0 aliphatic heterocycles. The maximum Gasteiger partial charge on any atom is 0.0399 e. The lowest BCUT2D eigenvalue weighted by Gasteiger charge is -2.26. The lowest BCUT2D eigenvalue weighted by atomic mass is 9.92. The summed E-state index contributed by atoms with van der Waals surface area (Å²) >= 11 is 0. The van der Waals surface area contributed by atoms with Gasteiger partial charge in [-0.2, -0.15) is 0 Å². The van der Waals surface area contributed by atoms with E-state index in [-0.39, 0.29) is 0 Å². The van der Waals surface area contributed by atoms with Crippen molar-refractivity contribution in [3.8, 4) is 0 Å². The number of hydrogen-bond acceptors (Lipinski definition) is 3. The SMILES string of the molecule is C=CC.CC.CCC=N.CCNCC(CC)c1cc(C)ccc1N(C)CC. The lowest BCUT2D eigenvalue weighted by molar-refractivity contribution is 0.583. The number of nitrogens with one attached hydrogen (secondary N) is 2. The normalized spacial score (nSPS) is 9.96. The van der Waals surface area contributed by atoms with E-state index in [2.05, 4.69) is 69.7 Å². The van der Waals surface area contributed by atoms with Crippen molar-refractivity contribution >= 4 is 11.9 Å². The van der Waals surface area contributed by atoms with Crippen molar-refractivity contribution in [3.05, 3.63) is 42.0 Å². The summed E-state index contributed by atoms with van der Waals surface area (Å²) in [7, 11) is 2.17. The van der Waals surface area contributed by atoms with Gasteiger partial charge in [0.2, 0.25) is 0 Å². The first kappa shape index (κ1) is 30.1. The van der Waals surface area contributed by atoms with E-state index >= 15 is 0 Å². The number of likely N-dealkylation sites (N-methyl/N-ethyl adjacent to an activating group) is 1. The largest absolute Gasteiger partial charge is 0.375 e. The zero-order valence-corrected chi connectivity index (χ0v) is 19.7. The molecule has 1 unspecified atom stereocenters. The molecule has 1 atom stereocenters. The monoisotopic (exact) mass is 377 g/mol. The third-order valence-corrected chi connectivity index (χ3v) is 3.85. The molecule has 0 aliphatic rings. The number of aryl methyl sites for hydroxylation is 1. The molecule has 1 rings (SSSR count). The zero-order valence-electron chi connectivity index (χ0n) is 19.7. The standard InChI is InChI=1S/C16H28N2.C3H7N.C3H6.C2H6/c1-6-14(12-17-7-2)15-11-13(4)9-10-16(15)18(5)8-3;1-2-3-4;1-3-2;1-2/h9-11,14,17H,6-8,12H2,1-5H3;3-4H,2H2,1H3;3H,1H2,2H3;1-2H3. The third-order valence-electron chi connectivity index (χ3n) is 3.85. The second-order valence-corrected chi connectivity index (χ2v) is 6.01. The molecule has 1 aromatic carbocycles. The van der Waals surface area contributed by atoms with Crippen LogP contribution in [0.15, 0.2) is 30.9 Å². The Morgan fingerprint density at radius 2 is 1.70 bits per heavy atom. The van der Waals surface area contributed by atoms with Crippen LogP contribution in [0.5, 0.6) is 0 Å². The Morgan fingerprint density at radius 3 is 2.07 bits per heavy atom. The van der Waals surface area contributed by atoms with Crippen LogP contribution in [0.1, 0.15) is 78.4 Å². The van der Waals surface area contributed by atoms with Crippen LogP contribution in [-0.4, -0.2) is 32.9 Å². The Kier molecular flexibility index (Phi) is 25.0. The van der Waals surface area contributed by atoms with Crippen LogP contribution in [0.4, 0.5) is 5.69 Å². The van der Waals surface area contributed by atoms with Crippen LogP contribution in [0, 0.1) is 12.3 Å². The van der Waals surface area contributed by atoms with Crippen molar-refractivity contribution in [1.82, 2.24) is 5.32 Å². The maximum atomic E-state index is 6.33. The van der Waals surface area contributed by atoms with E-state index in [1.165, 1.54) is 29.4 Å². The molecular formula is C24H47N3. The molecule has 0 bridgehead atoms. The van der Waals surface area contributed by atoms with Gasteiger partial charge in [-0.25, -0.2) is 0 Å². The van der Waals surface area contributed by atoms with E-state index in [0.29, 0.717) is 5.92 Å². The molecule has 0 heterocycles. The molecule has 0 saturated heterocycles. The number of benzene rings is 1. The van der Waals surface area contributed by atoms with Crippen LogP contribution in [-0.2, 0) is 0 Å². The summed E-state index contributed by atoms with van der Waals surface area (Å²) in [5, 5.41) is 9.81. The van der Waals surface area contributed by atoms with Gasteiger partial charge in [-0.3, -0.25) is 0 Å². The van der Waals surface area contributed by atoms with E-state index in [0.717, 1.165) is 26.1 Å². The number of nitrogens with zero attached hydrogens (tertiary/aromatic N) is 1. The van der Waals surface area contributed by atoms with Gasteiger partial charge in [-0.1, -0.05) is 58.4 Å². The van der Waals surface area contributed by atoms with Gasteiger partial charge in [0.15, 0.2) is 0 Å². The molecule has 3 nitrogen and oxygen atoms in total. The molecule has 3 heteroatoms. The minimum atomic E-state index is 0.605. The van der Waals surface area contributed by atoms with Crippen molar-refractivity contribution in [2.75, 3.05) is 31.6 Å². The summed E-state index contributed by atoms with van der Waals surface area (Å²) in [4.78, 5) is 2.34. The Bertz CT molecular complexity index is 455. The van der Waals surface area contributed by atoms with Crippen molar-refractivity contribution in [1.29, 1.82) is 5.41 Å². The average molecular weight is 378 g/mol. The molecule has 0 fully saturated rings. The second kappa shape index (κ2) is 22.4. The fraction of sp³-hybridized carbons (Fsp3) is 0.625. The molecule has 27 heavy (non-hydrogen) atoms. The molecule has 0 amide bonds. The van der Waals surface area contributed by atoms with E-state index in [1.54, 1.807) is 6.08 Å². The minimum absolute atomic E-state index is 0.605. The third kappa shape index (κ3) is 15.2. The average Bonchev–Trinajstić information content (AvgIpc) is 2.70. The van der Waals surface area contributed by atoms with Gasteiger partial charge in [0, 0.05) is 25.8 Å². The smallest absolute Gasteiger partial charge is 0.0399 e. The zero-order chi connectivity index (χ0) is 21.7. The van der Waals surface area contributed by atoms with E-state index < -0.39 is 0 Å². The lowest BCUT2D eigenvalue weighted by Crippen LogP contribution is -2.24. The van der Waals surface area contributed by atoms with Crippen LogP contribution in [0.25, 0.3) is 0 Å². The molecule has 0 radical (unpaired) electrons. The second-order valence-electron chi connectivity index (χ2n) is 6.01. The summed E-state index contributed by atoms with van der Waals surface area (Å²) in [6.45, 7) is 23.2. The molecule has 0 saturated carbocycles. The quantitative estimate of drug-likeness (QED) is 0.385. The molecule has 1 aromatic rings. The Labute approximate surface area is 170 Å². The van der Waals surface area contributed by atoms with E-state index in [1.807, 2.05) is 27.7 Å². The Morgan fingerprint density at radius 1 is 1.19 bits per heavy atom. The first-order valence-electron chi connectivity index (χ1n) is 10.5. The van der Waals surface area contributed by atoms with E-state index in [9.17, 15) is 0 Å². The highest BCUT2D eigenvalue weighted by atomic mass is 15.1. The van der Waals surface area contributed by atoms with E-state index in [4.69, 9.17) is 5.41 Å². The summed E-state index contributed by atoms with van der Waals surface area (Å²) in [5.74, 6) is 0.605. The fourth-order valence-corrected chi connectivity index (χ4v) is 2.31. The highest BCUT2D eigenvalue weighted by molar-refractivity contribution is 5.56. The summed E-state index contributed by atoms with van der Waals surface area (Å²) < 4.78 is 0. The van der Waals surface area contributed by atoms with Gasteiger partial charge in [-0.15, -0.1) is 6.58 Å². The topological polar surface area (TPSA) is 39.1 Å². The molecule has 158 valence electrons. The number of allylic oxidation sites excluding steroid dienone is 1. The molecule has 0 aromatic heterocycles. The predicted molar refractivity (Wildman–Crippen MR) is 128 cm³/mol. The van der Waals surface area contributed by atoms with Crippen molar-refractivity contribution in [2.24, 2.45) is 0 Å². The van der Waals surface area contributed by atoms with Crippen LogP contribution in [0.2, 0.25) is 0 Å². The minimum Gasteiger partial charge on any atom is -0.375 e. The first-order valence-corrected chi connectivity index (χ1v) is 10.5. The number of hydrogen-bond donors (Lipinski definition) is 2. The van der Waals surface area contributed by atoms with Gasteiger partial charge < -0.3 is 15.6 Å². The first-order chi connectivity index (χ1) is 13.0. The Balaban J connectivity index is -0.000000541. The van der Waals surface area contributed by atoms with Crippen LogP contribution < -0.4 is 10.2 Å². The van der Waals surface area contributed by atoms with Crippen molar-refractivity contribution < 1.29 is 0 Å². The molecule has 0 spiro atoms. The van der Waals surface area contributed by atoms with Gasteiger partial charge >= 0.3 is 0 Å². The van der Waals surface area contributed by atoms with Gasteiger partial charge in [0.25, 0.3) is 0 Å². The molecular weight excluding hydrogens is 330 g/mol. The summed E-state index contributed by atoms with van der Waals surface area (Å²) in [5.41, 5.74) is 4.23. The van der Waals surface area contributed by atoms with Gasteiger partial charge in [0.1, 0.15) is 0 Å². The fourth-order valence-electron chi connectivity index (χ4n) is 2.31. The van der Waals surface area contributed by atoms with Gasteiger partial charge in [0.05, 0.1) is 0 Å². The summed E-state index contributed by atoms with van der Waals surface area (Å²) in [6.07, 6.45) is 5.17. The highest BCUT2D eigenvalue weighted by Gasteiger charge is 2.15. The van der Waals surface area contributed by atoms with Crippen LogP contribution in [0.3, 0.4) is 0 Å². The number of rotatable bonds is 8. The number of anilines is 1.